The number of aryl methyl sites for hydroxylation is 1. The zero-order valence-electron chi connectivity index (χ0n) is 14.8. The summed E-state index contributed by atoms with van der Waals surface area (Å²) >= 11 is 0. The van der Waals surface area contributed by atoms with Crippen LogP contribution >= 0.6 is 0 Å². The van der Waals surface area contributed by atoms with Crippen LogP contribution < -0.4 is 5.73 Å². The Hall–Kier alpha value is -2.25. The summed E-state index contributed by atoms with van der Waals surface area (Å²) < 4.78 is 1.74. The zero-order valence-corrected chi connectivity index (χ0v) is 14.8. The van der Waals surface area contributed by atoms with Crippen molar-refractivity contribution < 1.29 is 9.90 Å². The van der Waals surface area contributed by atoms with Gasteiger partial charge in [0.05, 0.1) is 12.1 Å². The number of benzene rings is 1. The van der Waals surface area contributed by atoms with Crippen molar-refractivity contribution in [3.8, 4) is 0 Å². The van der Waals surface area contributed by atoms with Gasteiger partial charge in [0.2, 0.25) is 5.91 Å². The number of carbonyl (C=O) groups excluding carboxylic acids is 1. The van der Waals surface area contributed by atoms with Crippen molar-refractivity contribution in [2.75, 3.05) is 13.1 Å². The molecule has 1 aromatic heterocycles. The molecule has 2 heterocycles. The van der Waals surface area contributed by atoms with Gasteiger partial charge in [-0.2, -0.15) is 5.10 Å². The molecule has 0 radical (unpaired) electrons. The third-order valence-corrected chi connectivity index (χ3v) is 6.02. The number of nitrogens with zero attached hydrogens (tertiary/aromatic N) is 4. The van der Waals surface area contributed by atoms with Crippen LogP contribution in [0.5, 0.6) is 0 Å². The van der Waals surface area contributed by atoms with Crippen LogP contribution in [0.3, 0.4) is 0 Å². The molecule has 0 saturated carbocycles. The molecule has 1 saturated heterocycles. The van der Waals surface area contributed by atoms with E-state index in [2.05, 4.69) is 16.1 Å². The minimum Gasteiger partial charge on any atom is -0.390 e. The molecule has 1 aromatic carbocycles. The molecule has 1 amide bonds. The normalized spacial score (nSPS) is 24.0. The first kappa shape index (κ1) is 17.2. The number of carbonyl (C=O) groups is 1. The van der Waals surface area contributed by atoms with Gasteiger partial charge < -0.3 is 15.7 Å². The lowest BCUT2D eigenvalue weighted by molar-refractivity contribution is -0.133. The number of nitrogens with two attached hydrogens (primary N) is 1. The van der Waals surface area contributed by atoms with Crippen LogP contribution in [-0.2, 0) is 16.8 Å². The Balaban J connectivity index is 1.37. The molecular formula is C19H25N5O2. The van der Waals surface area contributed by atoms with Crippen LogP contribution in [0, 0.1) is 0 Å². The zero-order chi connectivity index (χ0) is 18.1. The van der Waals surface area contributed by atoms with Gasteiger partial charge in [-0.3, -0.25) is 9.48 Å². The molecule has 1 fully saturated rings. The van der Waals surface area contributed by atoms with E-state index in [1.807, 2.05) is 23.1 Å². The average Bonchev–Trinajstić information content (AvgIpc) is 3.26. The van der Waals surface area contributed by atoms with E-state index in [0.29, 0.717) is 26.1 Å². The number of fused-ring (bicyclic) bond motifs is 2. The highest BCUT2D eigenvalue weighted by Gasteiger charge is 2.51. The predicted octanol–water partition coefficient (Wildman–Crippen LogP) is 0.993. The molecular weight excluding hydrogens is 330 g/mol. The summed E-state index contributed by atoms with van der Waals surface area (Å²) in [7, 11) is 0. The number of hydrogen-bond acceptors (Lipinski definition) is 5. The van der Waals surface area contributed by atoms with Crippen LogP contribution in [0.1, 0.15) is 42.9 Å². The fourth-order valence-corrected chi connectivity index (χ4v) is 4.53. The van der Waals surface area contributed by atoms with Gasteiger partial charge in [0.15, 0.2) is 0 Å². The minimum atomic E-state index is -0.579. The highest BCUT2D eigenvalue weighted by Crippen LogP contribution is 2.50. The quantitative estimate of drug-likeness (QED) is 0.852. The second-order valence-corrected chi connectivity index (χ2v) is 7.36. The molecule has 2 aliphatic rings. The van der Waals surface area contributed by atoms with E-state index in [0.717, 1.165) is 24.8 Å². The van der Waals surface area contributed by atoms with Crippen molar-refractivity contribution >= 4 is 5.91 Å². The monoisotopic (exact) mass is 355 g/mol. The number of aliphatic hydroxyl groups excluding tert-OH is 1. The summed E-state index contributed by atoms with van der Waals surface area (Å²) in [6, 6.07) is 7.74. The lowest BCUT2D eigenvalue weighted by atomic mass is 9.72. The number of hydrogen-bond donors (Lipinski definition) is 2. The Morgan fingerprint density at radius 1 is 1.31 bits per heavy atom. The van der Waals surface area contributed by atoms with Gasteiger partial charge in [-0.25, -0.2) is 4.98 Å². The first-order valence-electron chi connectivity index (χ1n) is 9.25. The summed E-state index contributed by atoms with van der Waals surface area (Å²) in [4.78, 5) is 18.3. The molecule has 0 unspecified atom stereocenters. The molecule has 2 aromatic rings. The summed E-state index contributed by atoms with van der Waals surface area (Å²) in [5.41, 5.74) is 8.16. The van der Waals surface area contributed by atoms with Crippen LogP contribution in [0.15, 0.2) is 36.9 Å². The van der Waals surface area contributed by atoms with Gasteiger partial charge >= 0.3 is 0 Å². The second-order valence-electron chi connectivity index (χ2n) is 7.36. The molecule has 4 rings (SSSR count). The molecule has 2 atom stereocenters. The van der Waals surface area contributed by atoms with E-state index < -0.39 is 6.10 Å². The predicted molar refractivity (Wildman–Crippen MR) is 96.1 cm³/mol. The average molecular weight is 355 g/mol. The van der Waals surface area contributed by atoms with Gasteiger partial charge in [0.1, 0.15) is 12.7 Å². The Bertz CT molecular complexity index is 768. The van der Waals surface area contributed by atoms with E-state index in [9.17, 15) is 9.90 Å². The molecule has 3 N–H and O–H groups in total. The number of aromatic nitrogens is 3. The lowest BCUT2D eigenvalue weighted by Gasteiger charge is -2.42. The smallest absolute Gasteiger partial charge is 0.222 e. The maximum absolute atomic E-state index is 12.5. The fourth-order valence-electron chi connectivity index (χ4n) is 4.53. The van der Waals surface area contributed by atoms with Crippen molar-refractivity contribution in [2.24, 2.45) is 5.73 Å². The van der Waals surface area contributed by atoms with Crippen molar-refractivity contribution in [3.63, 3.8) is 0 Å². The number of rotatable bonds is 4. The Morgan fingerprint density at radius 2 is 2.08 bits per heavy atom. The summed E-state index contributed by atoms with van der Waals surface area (Å²) in [5, 5.41) is 14.9. The van der Waals surface area contributed by atoms with E-state index in [1.165, 1.54) is 11.9 Å². The molecule has 26 heavy (non-hydrogen) atoms. The summed E-state index contributed by atoms with van der Waals surface area (Å²) in [5.74, 6) is 0.171. The summed E-state index contributed by atoms with van der Waals surface area (Å²) in [6.07, 6.45) is 5.36. The van der Waals surface area contributed by atoms with Crippen molar-refractivity contribution in [3.05, 3.63) is 48.0 Å². The molecule has 7 heteroatoms. The third kappa shape index (κ3) is 2.81. The fraction of sp³-hybridized carbons (Fsp3) is 0.526. The third-order valence-electron chi connectivity index (χ3n) is 6.02. The molecule has 1 aliphatic heterocycles. The second kappa shape index (κ2) is 6.81. The Kier molecular flexibility index (Phi) is 4.50. The SMILES string of the molecule is N[C@@H]1c2ccccc2C2(CCN(C(=O)CCCn3cncn3)CC2)[C@H]1O. The van der Waals surface area contributed by atoms with E-state index in [4.69, 9.17) is 5.73 Å². The molecule has 0 bridgehead atoms. The number of aliphatic hydroxyl groups is 1. The maximum Gasteiger partial charge on any atom is 0.222 e. The largest absolute Gasteiger partial charge is 0.390 e. The first-order chi connectivity index (χ1) is 12.6. The van der Waals surface area contributed by atoms with Crippen molar-refractivity contribution in [2.45, 2.75) is 49.8 Å². The maximum atomic E-state index is 12.5. The highest BCUT2D eigenvalue weighted by molar-refractivity contribution is 5.76. The molecule has 7 nitrogen and oxygen atoms in total. The molecule has 138 valence electrons. The van der Waals surface area contributed by atoms with Crippen LogP contribution in [-0.4, -0.2) is 49.9 Å². The lowest BCUT2D eigenvalue weighted by Crippen LogP contribution is -2.50. The van der Waals surface area contributed by atoms with Gasteiger partial charge in [-0.05, 0) is 30.4 Å². The first-order valence-corrected chi connectivity index (χ1v) is 9.25. The standard InChI is InChI=1S/C19H25N5O2/c20-17-14-4-1-2-5-15(14)19(18(17)26)7-10-23(11-8-19)16(25)6-3-9-24-13-21-12-22-24/h1-2,4-5,12-13,17-18,26H,3,6-11,20H2/t17-,18+/m1/s1. The summed E-state index contributed by atoms with van der Waals surface area (Å²) in [6.45, 7) is 2.03. The van der Waals surface area contributed by atoms with Crippen LogP contribution in [0.4, 0.5) is 0 Å². The molecule has 1 spiro atoms. The van der Waals surface area contributed by atoms with Gasteiger partial charge in [0, 0.05) is 31.5 Å². The number of likely N-dealkylation sites (tertiary alicyclic amines) is 1. The minimum absolute atomic E-state index is 0.171. The molecule has 1 aliphatic carbocycles. The van der Waals surface area contributed by atoms with E-state index in [1.54, 1.807) is 11.0 Å². The van der Waals surface area contributed by atoms with Gasteiger partial charge in [-0.15, -0.1) is 0 Å². The number of amides is 1. The van der Waals surface area contributed by atoms with Gasteiger partial charge in [0.25, 0.3) is 0 Å². The van der Waals surface area contributed by atoms with Crippen LogP contribution in [0.25, 0.3) is 0 Å². The Morgan fingerprint density at radius 3 is 2.81 bits per heavy atom. The van der Waals surface area contributed by atoms with E-state index in [-0.39, 0.29) is 17.4 Å². The van der Waals surface area contributed by atoms with Crippen molar-refractivity contribution in [1.29, 1.82) is 0 Å². The Labute approximate surface area is 152 Å². The van der Waals surface area contributed by atoms with E-state index >= 15 is 0 Å². The van der Waals surface area contributed by atoms with Crippen LogP contribution in [0.2, 0.25) is 0 Å². The van der Waals surface area contributed by atoms with Gasteiger partial charge in [-0.1, -0.05) is 24.3 Å². The topological polar surface area (TPSA) is 97.3 Å². The highest BCUT2D eigenvalue weighted by atomic mass is 16.3. The van der Waals surface area contributed by atoms with Crippen molar-refractivity contribution in [1.82, 2.24) is 19.7 Å². The number of piperidine rings is 1.